The van der Waals surface area contributed by atoms with Gasteiger partial charge in [-0.2, -0.15) is 13.2 Å². The first-order valence-electron chi connectivity index (χ1n) is 9.18. The summed E-state index contributed by atoms with van der Waals surface area (Å²) in [6.45, 7) is 0.886. The Morgan fingerprint density at radius 3 is 2.61 bits per heavy atom. The van der Waals surface area contributed by atoms with E-state index in [4.69, 9.17) is 0 Å². The van der Waals surface area contributed by atoms with Gasteiger partial charge in [-0.15, -0.1) is 0 Å². The van der Waals surface area contributed by atoms with E-state index in [1.165, 1.54) is 24.4 Å². The Kier molecular flexibility index (Phi) is 5.59. The maximum atomic E-state index is 14.9. The van der Waals surface area contributed by atoms with E-state index in [9.17, 15) is 21.8 Å². The van der Waals surface area contributed by atoms with Crippen molar-refractivity contribution in [3.05, 3.63) is 66.7 Å². The van der Waals surface area contributed by atoms with Gasteiger partial charge in [-0.05, 0) is 42.3 Å². The Hall–Kier alpha value is -3.11. The average Bonchev–Trinajstić information content (AvgIpc) is 3.20. The van der Waals surface area contributed by atoms with E-state index in [0.717, 1.165) is 6.92 Å². The molecular weight excluding hydrogens is 432 g/mol. The molecule has 2 atom stereocenters. The molecule has 4 aromatic rings. The van der Waals surface area contributed by atoms with Crippen molar-refractivity contribution in [1.29, 1.82) is 0 Å². The molecule has 2 aromatic carbocycles. The Labute approximate surface area is 177 Å². The average molecular weight is 448 g/mol. The summed E-state index contributed by atoms with van der Waals surface area (Å²) >= 11 is 0. The number of alkyl halides is 3. The van der Waals surface area contributed by atoms with E-state index >= 15 is 0 Å². The predicted molar refractivity (Wildman–Crippen MR) is 110 cm³/mol. The van der Waals surface area contributed by atoms with Gasteiger partial charge in [0, 0.05) is 11.8 Å². The van der Waals surface area contributed by atoms with Crippen molar-refractivity contribution in [3.63, 3.8) is 0 Å². The Bertz CT molecular complexity index is 1270. The van der Waals surface area contributed by atoms with Crippen LogP contribution in [0.3, 0.4) is 0 Å². The number of benzene rings is 2. The van der Waals surface area contributed by atoms with Gasteiger partial charge in [0.2, 0.25) is 0 Å². The minimum atomic E-state index is -4.54. The molecule has 160 valence electrons. The van der Waals surface area contributed by atoms with E-state index in [1.54, 1.807) is 36.5 Å². The SMILES string of the molecule is CC(NS(=O)c1ccccc1-c1ccc(-c2cnc3[nH]ccc3n2)c(F)c1)C(F)(F)F. The van der Waals surface area contributed by atoms with Crippen LogP contribution in [0.2, 0.25) is 0 Å². The van der Waals surface area contributed by atoms with Crippen molar-refractivity contribution in [2.24, 2.45) is 0 Å². The highest BCUT2D eigenvalue weighted by Crippen LogP contribution is 2.31. The number of H-pyrrole nitrogens is 1. The molecule has 10 heteroatoms. The van der Waals surface area contributed by atoms with Crippen LogP contribution in [0.25, 0.3) is 33.5 Å². The first-order chi connectivity index (χ1) is 14.7. The maximum absolute atomic E-state index is 14.9. The molecule has 0 fully saturated rings. The summed E-state index contributed by atoms with van der Waals surface area (Å²) in [5, 5.41) is 0. The smallest absolute Gasteiger partial charge is 0.345 e. The van der Waals surface area contributed by atoms with Gasteiger partial charge in [-0.3, -0.25) is 0 Å². The van der Waals surface area contributed by atoms with Crippen LogP contribution in [-0.2, 0) is 11.0 Å². The zero-order chi connectivity index (χ0) is 22.2. The standard InChI is InChI=1S/C21H16F4N4OS/c1-12(21(23,24)25)29-31(30)19-5-3-2-4-14(19)13-6-7-15(16(22)10-13)18-11-27-20-17(28-18)8-9-26-20/h2-12,29H,1H3,(H,26,27). The molecular formula is C21H16F4N4OS. The molecule has 0 aliphatic rings. The Balaban J connectivity index is 1.68. The lowest BCUT2D eigenvalue weighted by Gasteiger charge is -2.18. The number of aromatic amines is 1. The zero-order valence-corrected chi connectivity index (χ0v) is 16.9. The van der Waals surface area contributed by atoms with Crippen LogP contribution in [-0.4, -0.2) is 31.4 Å². The van der Waals surface area contributed by atoms with E-state index in [0.29, 0.717) is 28.0 Å². The van der Waals surface area contributed by atoms with Gasteiger partial charge in [0.05, 0.1) is 16.8 Å². The van der Waals surface area contributed by atoms with Gasteiger partial charge in [-0.25, -0.2) is 23.3 Å². The number of hydrogen-bond acceptors (Lipinski definition) is 3. The van der Waals surface area contributed by atoms with Gasteiger partial charge in [0.15, 0.2) is 5.65 Å². The second kappa shape index (κ2) is 8.20. The first-order valence-corrected chi connectivity index (χ1v) is 10.3. The lowest BCUT2D eigenvalue weighted by molar-refractivity contribution is -0.146. The number of hydrogen-bond donors (Lipinski definition) is 2. The van der Waals surface area contributed by atoms with Crippen molar-refractivity contribution in [2.45, 2.75) is 24.0 Å². The van der Waals surface area contributed by atoms with Crippen LogP contribution < -0.4 is 4.72 Å². The fourth-order valence-electron chi connectivity index (χ4n) is 3.01. The van der Waals surface area contributed by atoms with Gasteiger partial charge in [0.1, 0.15) is 28.4 Å². The number of aromatic nitrogens is 3. The van der Waals surface area contributed by atoms with Crippen molar-refractivity contribution < 1.29 is 21.8 Å². The third-order valence-corrected chi connectivity index (χ3v) is 6.00. The summed E-state index contributed by atoms with van der Waals surface area (Å²) in [6.07, 6.45) is -1.42. The summed E-state index contributed by atoms with van der Waals surface area (Å²) in [4.78, 5) is 11.6. The molecule has 4 rings (SSSR count). The highest BCUT2D eigenvalue weighted by Gasteiger charge is 2.37. The lowest BCUT2D eigenvalue weighted by atomic mass is 10.0. The monoisotopic (exact) mass is 448 g/mol. The molecule has 0 aliphatic carbocycles. The molecule has 31 heavy (non-hydrogen) atoms. The quantitative estimate of drug-likeness (QED) is 0.423. The number of halogens is 4. The number of rotatable bonds is 5. The molecule has 2 N–H and O–H groups in total. The molecule has 5 nitrogen and oxygen atoms in total. The van der Waals surface area contributed by atoms with Crippen LogP contribution >= 0.6 is 0 Å². The van der Waals surface area contributed by atoms with Crippen molar-refractivity contribution >= 4 is 22.1 Å². The minimum absolute atomic E-state index is 0.124. The second-order valence-corrected chi connectivity index (χ2v) is 8.02. The molecule has 2 unspecified atom stereocenters. The van der Waals surface area contributed by atoms with Crippen LogP contribution in [0, 0.1) is 5.82 Å². The summed E-state index contributed by atoms with van der Waals surface area (Å²) < 4.78 is 68.0. The fraction of sp³-hybridized carbons (Fsp3) is 0.143. The molecule has 0 saturated carbocycles. The van der Waals surface area contributed by atoms with E-state index < -0.39 is 29.0 Å². The van der Waals surface area contributed by atoms with Gasteiger partial charge in [0.25, 0.3) is 0 Å². The van der Waals surface area contributed by atoms with Gasteiger partial charge in [-0.1, -0.05) is 24.3 Å². The topological polar surface area (TPSA) is 70.7 Å². The molecule has 0 aliphatic heterocycles. The minimum Gasteiger partial charge on any atom is -0.345 e. The second-order valence-electron chi connectivity index (χ2n) is 6.81. The Morgan fingerprint density at radius 1 is 1.10 bits per heavy atom. The predicted octanol–water partition coefficient (Wildman–Crippen LogP) is 4.99. The Morgan fingerprint density at radius 2 is 1.87 bits per heavy atom. The van der Waals surface area contributed by atoms with Crippen LogP contribution in [0.4, 0.5) is 17.6 Å². The molecule has 2 aromatic heterocycles. The largest absolute Gasteiger partial charge is 0.404 e. The van der Waals surface area contributed by atoms with Crippen LogP contribution in [0.15, 0.2) is 65.8 Å². The third kappa shape index (κ3) is 4.35. The van der Waals surface area contributed by atoms with Crippen LogP contribution in [0.1, 0.15) is 6.92 Å². The number of fused-ring (bicyclic) bond motifs is 1. The number of nitrogens with zero attached hydrogens (tertiary/aromatic N) is 2. The highest BCUT2D eigenvalue weighted by molar-refractivity contribution is 7.83. The molecule has 0 amide bonds. The molecule has 0 bridgehead atoms. The maximum Gasteiger partial charge on any atom is 0.404 e. The van der Waals surface area contributed by atoms with Gasteiger partial charge < -0.3 is 4.98 Å². The van der Waals surface area contributed by atoms with Gasteiger partial charge >= 0.3 is 6.18 Å². The fourth-order valence-corrected chi connectivity index (χ4v) is 4.18. The zero-order valence-electron chi connectivity index (χ0n) is 16.1. The highest BCUT2D eigenvalue weighted by atomic mass is 32.2. The van der Waals surface area contributed by atoms with Crippen molar-refractivity contribution in [2.75, 3.05) is 0 Å². The summed E-state index contributed by atoms with van der Waals surface area (Å²) in [5.41, 5.74) is 2.47. The number of nitrogens with one attached hydrogen (secondary N) is 2. The molecule has 0 saturated heterocycles. The van der Waals surface area contributed by atoms with E-state index in [1.807, 2.05) is 4.72 Å². The normalized spacial score (nSPS) is 14.0. The molecule has 0 spiro atoms. The van der Waals surface area contributed by atoms with Crippen molar-refractivity contribution in [1.82, 2.24) is 19.7 Å². The summed E-state index contributed by atoms with van der Waals surface area (Å²) in [5.74, 6) is -0.584. The van der Waals surface area contributed by atoms with Crippen LogP contribution in [0.5, 0.6) is 0 Å². The lowest BCUT2D eigenvalue weighted by Crippen LogP contribution is -2.40. The summed E-state index contributed by atoms with van der Waals surface area (Å²) in [7, 11) is -2.15. The van der Waals surface area contributed by atoms with Crippen molar-refractivity contribution in [3.8, 4) is 22.4 Å². The first kappa shape index (κ1) is 21.1. The van der Waals surface area contributed by atoms with E-state index in [2.05, 4.69) is 15.0 Å². The molecule has 0 radical (unpaired) electrons. The third-order valence-electron chi connectivity index (χ3n) is 4.68. The summed E-state index contributed by atoms with van der Waals surface area (Å²) in [6, 6.07) is 10.3. The van der Waals surface area contributed by atoms with E-state index in [-0.39, 0.29) is 10.5 Å². The molecule has 2 heterocycles.